The molecular formula is C26H26N2O5S. The number of amides is 2. The first-order chi connectivity index (χ1) is 16.3. The van der Waals surface area contributed by atoms with Crippen LogP contribution in [-0.2, 0) is 31.1 Å². The van der Waals surface area contributed by atoms with E-state index in [1.165, 1.54) is 12.1 Å². The van der Waals surface area contributed by atoms with Crippen LogP contribution in [0.3, 0.4) is 0 Å². The minimum atomic E-state index is -4.10. The Morgan fingerprint density at radius 3 is 2.00 bits per heavy atom. The van der Waals surface area contributed by atoms with Gasteiger partial charge in [0.1, 0.15) is 12.6 Å². The van der Waals surface area contributed by atoms with Gasteiger partial charge in [-0.3, -0.25) is 14.4 Å². The van der Waals surface area contributed by atoms with Crippen LogP contribution in [-0.4, -0.2) is 42.2 Å². The van der Waals surface area contributed by atoms with Gasteiger partial charge in [0.05, 0.1) is 11.4 Å². The van der Waals surface area contributed by atoms with E-state index in [4.69, 9.17) is 4.84 Å². The van der Waals surface area contributed by atoms with Crippen molar-refractivity contribution in [1.82, 2.24) is 9.37 Å². The molecule has 0 N–H and O–H groups in total. The predicted octanol–water partition coefficient (Wildman–Crippen LogP) is 3.87. The Bertz CT molecular complexity index is 1260. The van der Waals surface area contributed by atoms with E-state index in [0.717, 1.165) is 21.0 Å². The molecule has 1 atom stereocenters. The van der Waals surface area contributed by atoms with E-state index < -0.39 is 34.4 Å². The minimum Gasteiger partial charge on any atom is -0.271 e. The molecule has 3 aromatic carbocycles. The SMILES string of the molecule is CC(C)[C@@H]1C(=O)N(OCc2ccccc2)C(=O)CN1S(=O)(=O)c1ccc(-c2ccccc2)cc1. The van der Waals surface area contributed by atoms with Gasteiger partial charge < -0.3 is 0 Å². The van der Waals surface area contributed by atoms with Crippen molar-refractivity contribution in [2.75, 3.05) is 6.54 Å². The lowest BCUT2D eigenvalue weighted by Gasteiger charge is -2.39. The van der Waals surface area contributed by atoms with Crippen molar-refractivity contribution in [2.24, 2.45) is 5.92 Å². The maximum absolute atomic E-state index is 13.5. The highest BCUT2D eigenvalue weighted by atomic mass is 32.2. The number of imide groups is 1. The van der Waals surface area contributed by atoms with E-state index in [9.17, 15) is 18.0 Å². The standard InChI is InChI=1S/C26H26N2O5S/c1-19(2)25-26(30)28(33-18-20-9-5-3-6-10-20)24(29)17-27(25)34(31,32)23-15-13-22(14-16-23)21-11-7-4-8-12-21/h3-16,19,25H,17-18H2,1-2H3/t25-/m1/s1. The van der Waals surface area contributed by atoms with E-state index in [2.05, 4.69) is 0 Å². The van der Waals surface area contributed by atoms with Gasteiger partial charge in [-0.1, -0.05) is 86.6 Å². The third-order valence-corrected chi connectivity index (χ3v) is 7.53. The summed E-state index contributed by atoms with van der Waals surface area (Å²) in [6.45, 7) is 3.03. The molecule has 1 aliphatic heterocycles. The number of hydroxylamine groups is 2. The number of piperazine rings is 1. The molecule has 8 heteroatoms. The zero-order valence-electron chi connectivity index (χ0n) is 19.0. The summed E-state index contributed by atoms with van der Waals surface area (Å²) in [4.78, 5) is 31.5. The molecule has 0 bridgehead atoms. The highest BCUT2D eigenvalue weighted by molar-refractivity contribution is 7.89. The fourth-order valence-electron chi connectivity index (χ4n) is 3.95. The lowest BCUT2D eigenvalue weighted by molar-refractivity contribution is -0.208. The van der Waals surface area contributed by atoms with Crippen LogP contribution in [0.25, 0.3) is 11.1 Å². The number of hydrogen-bond donors (Lipinski definition) is 0. The Morgan fingerprint density at radius 1 is 0.853 bits per heavy atom. The predicted molar refractivity (Wildman–Crippen MR) is 127 cm³/mol. The molecule has 0 unspecified atom stereocenters. The Morgan fingerprint density at radius 2 is 1.41 bits per heavy atom. The number of rotatable bonds is 7. The maximum atomic E-state index is 13.5. The molecule has 176 valence electrons. The molecule has 1 heterocycles. The molecular weight excluding hydrogens is 452 g/mol. The van der Waals surface area contributed by atoms with Gasteiger partial charge in [0.25, 0.3) is 11.8 Å². The molecule has 1 fully saturated rings. The molecule has 7 nitrogen and oxygen atoms in total. The molecule has 1 aliphatic rings. The molecule has 0 aromatic heterocycles. The van der Waals surface area contributed by atoms with Gasteiger partial charge >= 0.3 is 0 Å². The summed E-state index contributed by atoms with van der Waals surface area (Å²) in [5.74, 6) is -1.78. The molecule has 0 saturated carbocycles. The quantitative estimate of drug-likeness (QED) is 0.482. The first-order valence-electron chi connectivity index (χ1n) is 11.0. The molecule has 1 saturated heterocycles. The topological polar surface area (TPSA) is 84.0 Å². The normalized spacial score (nSPS) is 17.4. The zero-order valence-corrected chi connectivity index (χ0v) is 19.8. The Hall–Kier alpha value is -3.33. The summed E-state index contributed by atoms with van der Waals surface area (Å²) in [7, 11) is -4.10. The summed E-state index contributed by atoms with van der Waals surface area (Å²) in [6.07, 6.45) is 0. The summed E-state index contributed by atoms with van der Waals surface area (Å²) >= 11 is 0. The highest BCUT2D eigenvalue weighted by Gasteiger charge is 2.47. The van der Waals surface area contributed by atoms with E-state index >= 15 is 0 Å². The van der Waals surface area contributed by atoms with Crippen molar-refractivity contribution in [3.05, 3.63) is 90.5 Å². The molecule has 34 heavy (non-hydrogen) atoms. The number of sulfonamides is 1. The van der Waals surface area contributed by atoms with Crippen LogP contribution in [0.4, 0.5) is 0 Å². The minimum absolute atomic E-state index is 0.0246. The number of hydrogen-bond acceptors (Lipinski definition) is 5. The number of benzene rings is 3. The second-order valence-corrected chi connectivity index (χ2v) is 10.3. The van der Waals surface area contributed by atoms with E-state index in [0.29, 0.717) is 5.06 Å². The van der Waals surface area contributed by atoms with Gasteiger partial charge in [-0.15, -0.1) is 0 Å². The van der Waals surface area contributed by atoms with Gasteiger partial charge in [0.2, 0.25) is 10.0 Å². The van der Waals surface area contributed by atoms with Crippen molar-refractivity contribution in [1.29, 1.82) is 0 Å². The van der Waals surface area contributed by atoms with Gasteiger partial charge in [0, 0.05) is 0 Å². The number of nitrogens with zero attached hydrogens (tertiary/aromatic N) is 2. The number of carbonyl (C=O) groups is 2. The third kappa shape index (κ3) is 4.79. The van der Waals surface area contributed by atoms with Crippen molar-refractivity contribution in [2.45, 2.75) is 31.4 Å². The first-order valence-corrected chi connectivity index (χ1v) is 12.4. The summed E-state index contributed by atoms with van der Waals surface area (Å²) in [6, 6.07) is 24.1. The highest BCUT2D eigenvalue weighted by Crippen LogP contribution is 2.29. The van der Waals surface area contributed by atoms with Crippen molar-refractivity contribution < 1.29 is 22.8 Å². The van der Waals surface area contributed by atoms with Crippen molar-refractivity contribution in [3.63, 3.8) is 0 Å². The van der Waals surface area contributed by atoms with Crippen LogP contribution in [0.2, 0.25) is 0 Å². The van der Waals surface area contributed by atoms with Crippen LogP contribution >= 0.6 is 0 Å². The first kappa shape index (κ1) is 23.8. The molecule has 0 aliphatic carbocycles. The fraction of sp³-hybridized carbons (Fsp3) is 0.231. The van der Waals surface area contributed by atoms with Gasteiger partial charge in [-0.05, 0) is 34.7 Å². The molecule has 0 spiro atoms. The maximum Gasteiger partial charge on any atom is 0.272 e. The monoisotopic (exact) mass is 478 g/mol. The summed E-state index contributed by atoms with van der Waals surface area (Å²) in [5, 5.41) is 0.711. The number of carbonyl (C=O) groups excluding carboxylic acids is 2. The average molecular weight is 479 g/mol. The largest absolute Gasteiger partial charge is 0.272 e. The van der Waals surface area contributed by atoms with Crippen molar-refractivity contribution >= 4 is 21.8 Å². The van der Waals surface area contributed by atoms with Gasteiger partial charge in [-0.25, -0.2) is 8.42 Å². The lowest BCUT2D eigenvalue weighted by atomic mass is 10.0. The van der Waals surface area contributed by atoms with E-state index in [1.54, 1.807) is 26.0 Å². The summed E-state index contributed by atoms with van der Waals surface area (Å²) < 4.78 is 28.0. The second kappa shape index (κ2) is 9.89. The fourth-order valence-corrected chi connectivity index (χ4v) is 5.61. The lowest BCUT2D eigenvalue weighted by Crippen LogP contribution is -2.62. The van der Waals surface area contributed by atoms with Gasteiger partial charge in [-0.2, -0.15) is 9.37 Å². The molecule has 0 radical (unpaired) electrons. The summed E-state index contributed by atoms with van der Waals surface area (Å²) in [5.41, 5.74) is 2.62. The van der Waals surface area contributed by atoms with Gasteiger partial charge in [0.15, 0.2) is 0 Å². The smallest absolute Gasteiger partial charge is 0.271 e. The second-order valence-electron chi connectivity index (χ2n) is 8.41. The van der Waals surface area contributed by atoms with Crippen molar-refractivity contribution in [3.8, 4) is 11.1 Å². The Balaban J connectivity index is 1.58. The van der Waals surface area contributed by atoms with E-state index in [1.807, 2.05) is 60.7 Å². The van der Waals surface area contributed by atoms with Crippen LogP contribution in [0.15, 0.2) is 89.8 Å². The zero-order chi connectivity index (χ0) is 24.3. The van der Waals surface area contributed by atoms with Crippen LogP contribution < -0.4 is 0 Å². The molecule has 4 rings (SSSR count). The third-order valence-electron chi connectivity index (χ3n) is 5.68. The van der Waals surface area contributed by atoms with Crippen LogP contribution in [0.5, 0.6) is 0 Å². The van der Waals surface area contributed by atoms with Crippen LogP contribution in [0.1, 0.15) is 19.4 Å². The Labute approximate surface area is 199 Å². The Kier molecular flexibility index (Phi) is 6.92. The average Bonchev–Trinajstić information content (AvgIpc) is 2.84. The van der Waals surface area contributed by atoms with Crippen LogP contribution in [0, 0.1) is 5.92 Å². The molecule has 2 amide bonds. The van der Waals surface area contributed by atoms with E-state index in [-0.39, 0.29) is 17.4 Å². The molecule has 3 aromatic rings.